The maximum Gasteiger partial charge on any atom is 0.296 e. The third-order valence-electron chi connectivity index (χ3n) is 3.96. The monoisotopic (exact) mass is 505 g/mol. The Labute approximate surface area is 186 Å². The summed E-state index contributed by atoms with van der Waals surface area (Å²) in [4.78, 5) is -0.982. The summed E-state index contributed by atoms with van der Waals surface area (Å²) in [6, 6.07) is 7.23. The molecule has 1 aromatic heterocycles. The molecule has 4 N–H and O–H groups in total. The summed E-state index contributed by atoms with van der Waals surface area (Å²) in [7, 11) is -9.13. The smallest absolute Gasteiger partial charge is 0.296 e. The van der Waals surface area contributed by atoms with Crippen molar-refractivity contribution >= 4 is 60.6 Å². The van der Waals surface area contributed by atoms with Crippen LogP contribution < -0.4 is 5.73 Å². The average molecular weight is 506 g/mol. The molecular formula is C16H13Cl2N5O6S2. The summed E-state index contributed by atoms with van der Waals surface area (Å²) in [5.41, 5.74) is 6.29. The molecule has 0 bridgehead atoms. The normalized spacial score (nSPS) is 12.5. The standard InChI is InChI=1S/C16H13Cl2N5O6S2/c1-8-15(21-20-13-6-11(17)12(18)7-14(13)31(27,28)29)16(19)23(22-8)9-3-2-4-10(5-9)30(24,25)26/h2-7H,19H2,1H3,(H,24,25,26)(H,27,28,29). The van der Waals surface area contributed by atoms with E-state index in [0.29, 0.717) is 0 Å². The van der Waals surface area contributed by atoms with Gasteiger partial charge in [0, 0.05) is 0 Å². The van der Waals surface area contributed by atoms with Gasteiger partial charge in [0.1, 0.15) is 10.6 Å². The lowest BCUT2D eigenvalue weighted by Gasteiger charge is -2.06. The molecule has 0 aliphatic carbocycles. The maximum absolute atomic E-state index is 11.6. The molecule has 0 saturated carbocycles. The number of aryl methyl sites for hydroxylation is 1. The first-order valence-electron chi connectivity index (χ1n) is 8.10. The lowest BCUT2D eigenvalue weighted by Crippen LogP contribution is -2.04. The van der Waals surface area contributed by atoms with Gasteiger partial charge in [-0.1, -0.05) is 29.3 Å². The number of anilines is 1. The van der Waals surface area contributed by atoms with E-state index < -0.39 is 25.1 Å². The van der Waals surface area contributed by atoms with Gasteiger partial charge in [-0.05, 0) is 37.3 Å². The largest absolute Gasteiger partial charge is 0.382 e. The van der Waals surface area contributed by atoms with Gasteiger partial charge in [0.25, 0.3) is 20.2 Å². The molecule has 0 unspecified atom stereocenters. The SMILES string of the molecule is Cc1nn(-c2cccc(S(=O)(=O)O)c2)c(N)c1N=Nc1cc(Cl)c(Cl)cc1S(=O)(=O)O. The molecule has 15 heteroatoms. The Morgan fingerprint density at radius 2 is 1.65 bits per heavy atom. The zero-order chi connectivity index (χ0) is 23.1. The fourth-order valence-corrected chi connectivity index (χ4v) is 4.08. The number of nitrogens with zero attached hydrogens (tertiary/aromatic N) is 4. The molecule has 0 spiro atoms. The second kappa shape index (κ2) is 8.18. The minimum atomic E-state index is -4.68. The molecule has 0 radical (unpaired) electrons. The third-order valence-corrected chi connectivity index (χ3v) is 6.42. The summed E-state index contributed by atoms with van der Waals surface area (Å²) in [5, 5.41) is 11.7. The van der Waals surface area contributed by atoms with Crippen molar-refractivity contribution in [2.24, 2.45) is 10.2 Å². The number of nitrogen functional groups attached to an aromatic ring is 1. The number of hydrogen-bond donors (Lipinski definition) is 3. The van der Waals surface area contributed by atoms with Gasteiger partial charge in [0.2, 0.25) is 0 Å². The van der Waals surface area contributed by atoms with Crippen LogP contribution in [0.2, 0.25) is 10.0 Å². The first kappa shape index (κ1) is 23.1. The first-order chi connectivity index (χ1) is 14.3. The van der Waals surface area contributed by atoms with Crippen LogP contribution in [0.4, 0.5) is 17.2 Å². The van der Waals surface area contributed by atoms with Gasteiger partial charge in [-0.3, -0.25) is 9.11 Å². The number of azo groups is 1. The highest BCUT2D eigenvalue weighted by Gasteiger charge is 2.20. The van der Waals surface area contributed by atoms with Crippen LogP contribution in [0.1, 0.15) is 5.69 Å². The molecule has 164 valence electrons. The predicted octanol–water partition coefficient (Wildman–Crippen LogP) is 3.98. The van der Waals surface area contributed by atoms with Crippen molar-refractivity contribution in [2.45, 2.75) is 16.7 Å². The highest BCUT2D eigenvalue weighted by Crippen LogP contribution is 2.36. The topological polar surface area (TPSA) is 177 Å². The fraction of sp³-hybridized carbons (Fsp3) is 0.0625. The lowest BCUT2D eigenvalue weighted by molar-refractivity contribution is 0.481. The van der Waals surface area contributed by atoms with Crippen molar-refractivity contribution in [1.82, 2.24) is 9.78 Å². The van der Waals surface area contributed by atoms with Crippen LogP contribution in [0.5, 0.6) is 0 Å². The molecule has 2 aromatic carbocycles. The highest BCUT2D eigenvalue weighted by atomic mass is 35.5. The zero-order valence-electron chi connectivity index (χ0n) is 15.4. The van der Waals surface area contributed by atoms with Crippen molar-refractivity contribution in [2.75, 3.05) is 5.73 Å². The van der Waals surface area contributed by atoms with Gasteiger partial charge < -0.3 is 5.73 Å². The summed E-state index contributed by atoms with van der Waals surface area (Å²) in [6.07, 6.45) is 0. The Bertz CT molecular complexity index is 1430. The molecule has 3 aromatic rings. The summed E-state index contributed by atoms with van der Waals surface area (Å²) in [6.45, 7) is 1.53. The van der Waals surface area contributed by atoms with Gasteiger partial charge in [0.05, 0.1) is 26.3 Å². The van der Waals surface area contributed by atoms with Crippen molar-refractivity contribution in [3.63, 3.8) is 0 Å². The van der Waals surface area contributed by atoms with Crippen LogP contribution in [-0.4, -0.2) is 35.7 Å². The molecule has 0 saturated heterocycles. The van der Waals surface area contributed by atoms with Crippen molar-refractivity contribution < 1.29 is 25.9 Å². The summed E-state index contributed by atoms with van der Waals surface area (Å²) < 4.78 is 65.7. The lowest BCUT2D eigenvalue weighted by atomic mass is 10.3. The Morgan fingerprint density at radius 1 is 1.00 bits per heavy atom. The van der Waals surface area contributed by atoms with Crippen LogP contribution >= 0.6 is 23.2 Å². The Hall–Kier alpha value is -2.55. The van der Waals surface area contributed by atoms with Gasteiger partial charge >= 0.3 is 0 Å². The van der Waals surface area contributed by atoms with E-state index in [4.69, 9.17) is 28.9 Å². The summed E-state index contributed by atoms with van der Waals surface area (Å²) >= 11 is 11.7. The molecule has 31 heavy (non-hydrogen) atoms. The Kier molecular flexibility index (Phi) is 6.10. The van der Waals surface area contributed by atoms with Crippen LogP contribution in [0.25, 0.3) is 5.69 Å². The molecule has 0 atom stereocenters. The molecule has 0 amide bonds. The number of halogens is 2. The molecule has 3 rings (SSSR count). The zero-order valence-corrected chi connectivity index (χ0v) is 18.6. The van der Waals surface area contributed by atoms with E-state index in [1.807, 2.05) is 0 Å². The van der Waals surface area contributed by atoms with Gasteiger partial charge in [-0.15, -0.1) is 10.2 Å². The van der Waals surface area contributed by atoms with Crippen molar-refractivity contribution in [1.29, 1.82) is 0 Å². The molecule has 11 nitrogen and oxygen atoms in total. The number of aromatic nitrogens is 2. The Morgan fingerprint density at radius 3 is 2.26 bits per heavy atom. The molecule has 0 fully saturated rings. The number of benzene rings is 2. The first-order valence-corrected chi connectivity index (χ1v) is 11.7. The Balaban J connectivity index is 2.10. The van der Waals surface area contributed by atoms with Crippen LogP contribution in [0, 0.1) is 6.92 Å². The second-order valence-electron chi connectivity index (χ2n) is 6.11. The van der Waals surface area contributed by atoms with E-state index in [1.54, 1.807) is 0 Å². The number of hydrogen-bond acceptors (Lipinski definition) is 8. The molecule has 0 aliphatic rings. The quantitative estimate of drug-likeness (QED) is 0.344. The van der Waals surface area contributed by atoms with Gasteiger partial charge in [-0.2, -0.15) is 21.9 Å². The van der Waals surface area contributed by atoms with Crippen molar-refractivity contribution in [3.8, 4) is 5.69 Å². The minimum absolute atomic E-state index is 0.0227. The van der Waals surface area contributed by atoms with E-state index in [9.17, 15) is 25.9 Å². The minimum Gasteiger partial charge on any atom is -0.382 e. The molecule has 0 aliphatic heterocycles. The summed E-state index contributed by atoms with van der Waals surface area (Å²) in [5.74, 6) is -0.0535. The number of rotatable bonds is 5. The highest BCUT2D eigenvalue weighted by molar-refractivity contribution is 7.86. The van der Waals surface area contributed by atoms with E-state index in [1.165, 1.54) is 25.1 Å². The third kappa shape index (κ3) is 4.87. The predicted molar refractivity (Wildman–Crippen MR) is 113 cm³/mol. The van der Waals surface area contributed by atoms with Gasteiger partial charge in [0.15, 0.2) is 11.5 Å². The molecular weight excluding hydrogens is 493 g/mol. The van der Waals surface area contributed by atoms with E-state index >= 15 is 0 Å². The van der Waals surface area contributed by atoms with E-state index in [-0.39, 0.29) is 43.5 Å². The number of nitrogens with two attached hydrogens (primary N) is 1. The van der Waals surface area contributed by atoms with Crippen LogP contribution in [0.15, 0.2) is 56.4 Å². The van der Waals surface area contributed by atoms with Crippen LogP contribution in [-0.2, 0) is 20.2 Å². The van der Waals surface area contributed by atoms with E-state index in [2.05, 4.69) is 15.3 Å². The second-order valence-corrected chi connectivity index (χ2v) is 9.74. The maximum atomic E-state index is 11.6. The van der Waals surface area contributed by atoms with E-state index in [0.717, 1.165) is 22.9 Å². The molecule has 1 heterocycles. The van der Waals surface area contributed by atoms with Crippen molar-refractivity contribution in [3.05, 3.63) is 52.1 Å². The van der Waals surface area contributed by atoms with Crippen LogP contribution in [0.3, 0.4) is 0 Å². The fourth-order valence-electron chi connectivity index (χ4n) is 2.54. The average Bonchev–Trinajstić information content (AvgIpc) is 2.95. The van der Waals surface area contributed by atoms with Gasteiger partial charge in [-0.25, -0.2) is 4.68 Å².